The van der Waals surface area contributed by atoms with Gasteiger partial charge in [-0.15, -0.1) is 11.8 Å². The predicted molar refractivity (Wildman–Crippen MR) is 82.7 cm³/mol. The molecular weight excluding hydrogens is 318 g/mol. The Labute approximate surface area is 132 Å². The van der Waals surface area contributed by atoms with Crippen molar-refractivity contribution in [2.75, 3.05) is 18.1 Å². The summed E-state index contributed by atoms with van der Waals surface area (Å²) in [6.07, 6.45) is 2.16. The number of aliphatic carboxylic acids is 3. The Hall–Kier alpha value is -1.40. The van der Waals surface area contributed by atoms with Crippen LogP contribution in [0.4, 0.5) is 0 Å². The van der Waals surface area contributed by atoms with Crippen molar-refractivity contribution in [1.29, 1.82) is 0 Å². The van der Waals surface area contributed by atoms with Gasteiger partial charge in [-0.1, -0.05) is 6.42 Å². The Morgan fingerprint density at radius 1 is 0.955 bits per heavy atom. The van der Waals surface area contributed by atoms with E-state index in [0.29, 0.717) is 13.0 Å². The Balaban J connectivity index is -0.000000315. The molecule has 11 N–H and O–H groups in total. The summed E-state index contributed by atoms with van der Waals surface area (Å²) in [7, 11) is 0. The number of hydrogen-bond acceptors (Lipinski definition) is 7. The first-order valence-corrected chi connectivity index (χ1v) is 7.34. The summed E-state index contributed by atoms with van der Waals surface area (Å²) in [5, 5.41) is 24.7. The summed E-state index contributed by atoms with van der Waals surface area (Å²) in [4.78, 5) is 30.2. The number of nitrogens with two attached hydrogens (primary N) is 3. The standard InChI is InChI=1S/C6H14N2O2.C5H9NO4S.H2O/c7-4-2-1-3-5(8)6(9)10;6-3(5(9)10)1-11-2-4(7)8;/h5H,1-4,7-8H2,(H,9,10);3H,1-2,6H2,(H,7,8)(H,9,10);1H2. The van der Waals surface area contributed by atoms with E-state index < -0.39 is 30.0 Å². The first-order chi connectivity index (χ1) is 9.72. The Kier molecular flexibility index (Phi) is 18.6. The van der Waals surface area contributed by atoms with E-state index in [-0.39, 0.29) is 17.0 Å². The molecule has 0 spiro atoms. The Bertz CT molecular complexity index is 331. The summed E-state index contributed by atoms with van der Waals surface area (Å²) in [6.45, 7) is 0.604. The summed E-state index contributed by atoms with van der Waals surface area (Å²) in [5.74, 6) is -2.99. The Morgan fingerprint density at radius 2 is 1.45 bits per heavy atom. The molecule has 11 heteroatoms. The van der Waals surface area contributed by atoms with Crippen LogP contribution in [0, 0.1) is 0 Å². The monoisotopic (exact) mass is 343 g/mol. The van der Waals surface area contributed by atoms with E-state index in [1.54, 1.807) is 0 Å². The number of carboxylic acids is 3. The van der Waals surface area contributed by atoms with E-state index in [1.807, 2.05) is 0 Å². The molecule has 0 rings (SSSR count). The quantitative estimate of drug-likeness (QED) is 0.237. The van der Waals surface area contributed by atoms with Gasteiger partial charge in [-0.2, -0.15) is 0 Å². The van der Waals surface area contributed by atoms with Crippen molar-refractivity contribution < 1.29 is 35.2 Å². The highest BCUT2D eigenvalue weighted by Crippen LogP contribution is 2.00. The molecule has 0 saturated carbocycles. The highest BCUT2D eigenvalue weighted by atomic mass is 32.2. The maximum atomic E-state index is 10.1. The van der Waals surface area contributed by atoms with Gasteiger partial charge in [-0.05, 0) is 19.4 Å². The van der Waals surface area contributed by atoms with Gasteiger partial charge in [0.25, 0.3) is 0 Å². The third-order valence-electron chi connectivity index (χ3n) is 2.13. The minimum Gasteiger partial charge on any atom is -0.481 e. The van der Waals surface area contributed by atoms with Crippen LogP contribution in [0.1, 0.15) is 19.3 Å². The third-order valence-corrected chi connectivity index (χ3v) is 3.17. The van der Waals surface area contributed by atoms with E-state index >= 15 is 0 Å². The van der Waals surface area contributed by atoms with Gasteiger partial charge in [0, 0.05) is 5.75 Å². The minimum absolute atomic E-state index is 0. The van der Waals surface area contributed by atoms with Gasteiger partial charge in [0.15, 0.2) is 0 Å². The molecule has 0 radical (unpaired) electrons. The van der Waals surface area contributed by atoms with Crippen molar-refractivity contribution in [2.24, 2.45) is 17.2 Å². The maximum absolute atomic E-state index is 10.1. The lowest BCUT2D eigenvalue weighted by Gasteiger charge is -2.03. The molecule has 132 valence electrons. The van der Waals surface area contributed by atoms with Crippen LogP contribution >= 0.6 is 11.8 Å². The largest absolute Gasteiger partial charge is 0.481 e. The molecular formula is C11H25N3O7S. The van der Waals surface area contributed by atoms with Gasteiger partial charge in [-0.25, -0.2) is 0 Å². The van der Waals surface area contributed by atoms with Crippen molar-refractivity contribution in [3.8, 4) is 0 Å². The molecule has 0 saturated heterocycles. The lowest BCUT2D eigenvalue weighted by atomic mass is 10.1. The van der Waals surface area contributed by atoms with Crippen LogP contribution in [0.15, 0.2) is 0 Å². The molecule has 0 aliphatic carbocycles. The van der Waals surface area contributed by atoms with Gasteiger partial charge >= 0.3 is 17.9 Å². The van der Waals surface area contributed by atoms with Crippen LogP contribution in [-0.4, -0.2) is 68.8 Å². The fraction of sp³-hybridized carbons (Fsp3) is 0.727. The molecule has 2 unspecified atom stereocenters. The number of unbranched alkanes of at least 4 members (excludes halogenated alkanes) is 1. The average molecular weight is 343 g/mol. The smallest absolute Gasteiger partial charge is 0.321 e. The van der Waals surface area contributed by atoms with Crippen LogP contribution in [-0.2, 0) is 14.4 Å². The fourth-order valence-electron chi connectivity index (χ4n) is 0.977. The zero-order valence-electron chi connectivity index (χ0n) is 12.1. The second-order valence-electron chi connectivity index (χ2n) is 4.08. The lowest BCUT2D eigenvalue weighted by molar-refractivity contribution is -0.139. The third kappa shape index (κ3) is 18.6. The number of hydrogen-bond donors (Lipinski definition) is 6. The van der Waals surface area contributed by atoms with Crippen LogP contribution in [0.5, 0.6) is 0 Å². The summed E-state index contributed by atoms with van der Waals surface area (Å²) in [6, 6.07) is -1.69. The molecule has 10 nitrogen and oxygen atoms in total. The number of carbonyl (C=O) groups is 3. The lowest BCUT2D eigenvalue weighted by Crippen LogP contribution is -2.32. The molecule has 2 atom stereocenters. The molecule has 0 aromatic heterocycles. The first kappa shape index (κ1) is 25.5. The number of carboxylic acid groups (broad SMARTS) is 3. The van der Waals surface area contributed by atoms with Crippen molar-refractivity contribution >= 4 is 29.7 Å². The zero-order chi connectivity index (χ0) is 16.8. The molecule has 0 aliphatic rings. The SMILES string of the molecule is NC(CSCC(=O)O)C(=O)O.NCCCCC(N)C(=O)O.O. The second kappa shape index (κ2) is 16.0. The summed E-state index contributed by atoms with van der Waals surface area (Å²) in [5.41, 5.74) is 15.5. The summed E-state index contributed by atoms with van der Waals surface area (Å²) >= 11 is 0.992. The topological polar surface area (TPSA) is 221 Å². The van der Waals surface area contributed by atoms with Crippen LogP contribution in [0.2, 0.25) is 0 Å². The van der Waals surface area contributed by atoms with Crippen molar-refractivity contribution in [3.05, 3.63) is 0 Å². The van der Waals surface area contributed by atoms with Crippen LogP contribution in [0.25, 0.3) is 0 Å². The van der Waals surface area contributed by atoms with Crippen molar-refractivity contribution in [1.82, 2.24) is 0 Å². The van der Waals surface area contributed by atoms with E-state index in [2.05, 4.69) is 0 Å². The molecule has 0 fully saturated rings. The van der Waals surface area contributed by atoms with Gasteiger partial charge in [-0.3, -0.25) is 14.4 Å². The highest BCUT2D eigenvalue weighted by Gasteiger charge is 2.11. The van der Waals surface area contributed by atoms with Gasteiger partial charge in [0.2, 0.25) is 0 Å². The normalized spacial score (nSPS) is 12.1. The van der Waals surface area contributed by atoms with E-state index in [9.17, 15) is 14.4 Å². The molecule has 0 aromatic rings. The minimum atomic E-state index is -1.11. The second-order valence-corrected chi connectivity index (χ2v) is 5.11. The van der Waals surface area contributed by atoms with Crippen molar-refractivity contribution in [3.63, 3.8) is 0 Å². The van der Waals surface area contributed by atoms with Gasteiger partial charge < -0.3 is 38.0 Å². The molecule has 0 amide bonds. The first-order valence-electron chi connectivity index (χ1n) is 6.18. The Morgan fingerprint density at radius 3 is 1.82 bits per heavy atom. The maximum Gasteiger partial charge on any atom is 0.321 e. The molecule has 0 heterocycles. The fourth-order valence-corrected chi connectivity index (χ4v) is 1.67. The number of rotatable bonds is 10. The summed E-state index contributed by atoms with van der Waals surface area (Å²) < 4.78 is 0. The van der Waals surface area contributed by atoms with Gasteiger partial charge in [0.1, 0.15) is 12.1 Å². The highest BCUT2D eigenvalue weighted by molar-refractivity contribution is 8.00. The zero-order valence-corrected chi connectivity index (χ0v) is 12.9. The molecule has 0 aromatic carbocycles. The van der Waals surface area contributed by atoms with Crippen molar-refractivity contribution in [2.45, 2.75) is 31.3 Å². The molecule has 0 aliphatic heterocycles. The van der Waals surface area contributed by atoms with E-state index in [4.69, 9.17) is 32.5 Å². The number of thioether (sulfide) groups is 1. The van der Waals surface area contributed by atoms with E-state index in [0.717, 1.165) is 24.6 Å². The van der Waals surface area contributed by atoms with Gasteiger partial charge in [0.05, 0.1) is 5.75 Å². The van der Waals surface area contributed by atoms with Crippen LogP contribution < -0.4 is 17.2 Å². The predicted octanol–water partition coefficient (Wildman–Crippen LogP) is -2.08. The molecule has 0 bridgehead atoms. The average Bonchev–Trinajstić information content (AvgIpc) is 2.38. The van der Waals surface area contributed by atoms with E-state index in [1.165, 1.54) is 0 Å². The van der Waals surface area contributed by atoms with Crippen LogP contribution in [0.3, 0.4) is 0 Å². The molecule has 22 heavy (non-hydrogen) atoms.